The van der Waals surface area contributed by atoms with Crippen LogP contribution in [0.1, 0.15) is 51.9 Å². The Morgan fingerprint density at radius 3 is 2.31 bits per heavy atom. The minimum atomic E-state index is -0.788. The van der Waals surface area contributed by atoms with Crippen LogP contribution in [0.4, 0.5) is 10.7 Å². The fourth-order valence-corrected chi connectivity index (χ4v) is 4.41. The van der Waals surface area contributed by atoms with Crippen LogP contribution in [0, 0.1) is 13.8 Å². The summed E-state index contributed by atoms with van der Waals surface area (Å²) in [6, 6.07) is 13.6. The molecule has 1 atom stereocenters. The number of nitrogens with one attached hydrogen (secondary N) is 2. The largest absolute Gasteiger partial charge is 0.492 e. The predicted octanol–water partition coefficient (Wildman–Crippen LogP) is 5.60. The number of benzene rings is 2. The molecule has 0 spiro atoms. The van der Waals surface area contributed by atoms with Crippen LogP contribution in [-0.4, -0.2) is 37.1 Å². The standard InChI is InChI=1S/C27H30N2O6S/c1-6-33-22-11-9-8-10-21(22)28-24(30)17(4)35-20-14-12-19(13-15-20)25(31)29-26-23(27(32)34-7-2)16(3)18(5)36-26/h8-15,17H,6-7H2,1-5H3,(H,28,30)(H,29,31)/t17-/m0/s1. The lowest BCUT2D eigenvalue weighted by Gasteiger charge is -2.16. The van der Waals surface area contributed by atoms with Gasteiger partial charge in [-0.05, 0) is 76.6 Å². The van der Waals surface area contributed by atoms with E-state index in [9.17, 15) is 14.4 Å². The summed E-state index contributed by atoms with van der Waals surface area (Å²) in [6.07, 6.45) is -0.788. The molecule has 3 aromatic rings. The number of esters is 1. The molecule has 0 unspecified atom stereocenters. The van der Waals surface area contributed by atoms with E-state index >= 15 is 0 Å². The van der Waals surface area contributed by atoms with Gasteiger partial charge in [0.1, 0.15) is 16.5 Å². The fraction of sp³-hybridized carbons (Fsp3) is 0.296. The smallest absolute Gasteiger partial charge is 0.341 e. The highest BCUT2D eigenvalue weighted by molar-refractivity contribution is 7.16. The van der Waals surface area contributed by atoms with Crippen molar-refractivity contribution in [2.75, 3.05) is 23.8 Å². The van der Waals surface area contributed by atoms with Gasteiger partial charge in [-0.3, -0.25) is 9.59 Å². The zero-order chi connectivity index (χ0) is 26.2. The van der Waals surface area contributed by atoms with E-state index < -0.39 is 12.1 Å². The van der Waals surface area contributed by atoms with Gasteiger partial charge in [0, 0.05) is 10.4 Å². The number of carbonyl (C=O) groups excluding carboxylic acids is 3. The highest BCUT2D eigenvalue weighted by Crippen LogP contribution is 2.33. The van der Waals surface area contributed by atoms with Crippen molar-refractivity contribution in [3.05, 3.63) is 70.1 Å². The van der Waals surface area contributed by atoms with E-state index in [0.29, 0.717) is 39.9 Å². The van der Waals surface area contributed by atoms with Crippen LogP contribution in [-0.2, 0) is 9.53 Å². The summed E-state index contributed by atoms with van der Waals surface area (Å²) in [4.78, 5) is 38.7. The first-order valence-electron chi connectivity index (χ1n) is 11.6. The van der Waals surface area contributed by atoms with E-state index in [-0.39, 0.29) is 18.4 Å². The Morgan fingerprint density at radius 2 is 1.64 bits per heavy atom. The van der Waals surface area contributed by atoms with Crippen molar-refractivity contribution in [3.63, 3.8) is 0 Å². The maximum absolute atomic E-state index is 12.8. The molecule has 0 fully saturated rings. The van der Waals surface area contributed by atoms with E-state index in [1.807, 2.05) is 32.9 Å². The molecular formula is C27H30N2O6S. The fourth-order valence-electron chi connectivity index (χ4n) is 3.37. The second-order valence-corrected chi connectivity index (χ2v) is 9.09. The molecule has 2 amide bonds. The number of para-hydroxylation sites is 2. The van der Waals surface area contributed by atoms with E-state index in [4.69, 9.17) is 14.2 Å². The molecule has 0 aliphatic rings. The SMILES string of the molecule is CCOC(=O)c1c(NC(=O)c2ccc(O[C@@H](C)C(=O)Nc3ccccc3OCC)cc2)sc(C)c1C. The van der Waals surface area contributed by atoms with Crippen LogP contribution < -0.4 is 20.1 Å². The average molecular weight is 511 g/mol. The quantitative estimate of drug-likeness (QED) is 0.344. The van der Waals surface area contributed by atoms with Crippen molar-refractivity contribution in [2.45, 2.75) is 40.7 Å². The molecule has 36 heavy (non-hydrogen) atoms. The Morgan fingerprint density at radius 1 is 0.944 bits per heavy atom. The average Bonchev–Trinajstić information content (AvgIpc) is 3.13. The second kappa shape index (κ2) is 12.2. The normalized spacial score (nSPS) is 11.4. The number of thiophene rings is 1. The number of rotatable bonds is 10. The first-order valence-corrected chi connectivity index (χ1v) is 12.4. The van der Waals surface area contributed by atoms with Crippen LogP contribution in [0.2, 0.25) is 0 Å². The molecule has 190 valence electrons. The zero-order valence-corrected chi connectivity index (χ0v) is 21.8. The van der Waals surface area contributed by atoms with Gasteiger partial charge in [-0.25, -0.2) is 4.79 Å². The summed E-state index contributed by atoms with van der Waals surface area (Å²) in [5.41, 5.74) is 2.10. The van der Waals surface area contributed by atoms with Crippen molar-refractivity contribution >= 4 is 39.8 Å². The van der Waals surface area contributed by atoms with Crippen LogP contribution in [0.25, 0.3) is 0 Å². The summed E-state index contributed by atoms with van der Waals surface area (Å²) < 4.78 is 16.4. The zero-order valence-electron chi connectivity index (χ0n) is 21.0. The molecule has 0 aliphatic carbocycles. The van der Waals surface area contributed by atoms with E-state index in [1.54, 1.807) is 50.2 Å². The van der Waals surface area contributed by atoms with E-state index in [0.717, 1.165) is 10.4 Å². The number of ether oxygens (including phenoxy) is 3. The molecule has 1 aromatic heterocycles. The van der Waals surface area contributed by atoms with Gasteiger partial charge < -0.3 is 24.8 Å². The maximum atomic E-state index is 12.8. The molecule has 1 heterocycles. The molecule has 0 radical (unpaired) electrons. The molecule has 2 N–H and O–H groups in total. The first kappa shape index (κ1) is 26.7. The number of aryl methyl sites for hydroxylation is 1. The molecular weight excluding hydrogens is 480 g/mol. The second-order valence-electron chi connectivity index (χ2n) is 7.86. The van der Waals surface area contributed by atoms with Gasteiger partial charge in [-0.15, -0.1) is 11.3 Å². The summed E-state index contributed by atoms with van der Waals surface area (Å²) in [5.74, 6) is -0.152. The van der Waals surface area contributed by atoms with Crippen molar-refractivity contribution in [1.29, 1.82) is 0 Å². The minimum absolute atomic E-state index is 0.248. The van der Waals surface area contributed by atoms with Gasteiger partial charge in [0.05, 0.1) is 24.5 Å². The van der Waals surface area contributed by atoms with Gasteiger partial charge in [-0.2, -0.15) is 0 Å². The third-order valence-electron chi connectivity index (χ3n) is 5.34. The monoisotopic (exact) mass is 510 g/mol. The topological polar surface area (TPSA) is 103 Å². The van der Waals surface area contributed by atoms with Crippen LogP contribution in [0.5, 0.6) is 11.5 Å². The van der Waals surface area contributed by atoms with Gasteiger partial charge in [0.15, 0.2) is 6.10 Å². The van der Waals surface area contributed by atoms with Gasteiger partial charge in [0.25, 0.3) is 11.8 Å². The van der Waals surface area contributed by atoms with Crippen molar-refractivity contribution < 1.29 is 28.6 Å². The lowest BCUT2D eigenvalue weighted by Crippen LogP contribution is -2.30. The highest BCUT2D eigenvalue weighted by atomic mass is 32.1. The van der Waals surface area contributed by atoms with Gasteiger partial charge in [-0.1, -0.05) is 12.1 Å². The molecule has 0 saturated heterocycles. The third kappa shape index (κ3) is 6.42. The first-order chi connectivity index (χ1) is 17.2. The lowest BCUT2D eigenvalue weighted by molar-refractivity contribution is -0.122. The number of carbonyl (C=O) groups is 3. The van der Waals surface area contributed by atoms with E-state index in [2.05, 4.69) is 10.6 Å². The molecule has 0 saturated carbocycles. The molecule has 9 heteroatoms. The Hall–Kier alpha value is -3.85. The summed E-state index contributed by atoms with van der Waals surface area (Å²) in [5, 5.41) is 6.07. The number of anilines is 2. The highest BCUT2D eigenvalue weighted by Gasteiger charge is 2.23. The Labute approximate surface area is 214 Å². The van der Waals surface area contributed by atoms with Crippen LogP contribution >= 0.6 is 11.3 Å². The number of hydrogen-bond acceptors (Lipinski definition) is 7. The number of hydrogen-bond donors (Lipinski definition) is 2. The van der Waals surface area contributed by atoms with Crippen LogP contribution in [0.3, 0.4) is 0 Å². The van der Waals surface area contributed by atoms with Gasteiger partial charge in [0.2, 0.25) is 0 Å². The Kier molecular flexibility index (Phi) is 9.08. The van der Waals surface area contributed by atoms with Crippen molar-refractivity contribution in [2.24, 2.45) is 0 Å². The summed E-state index contributed by atoms with van der Waals surface area (Å²) in [6.45, 7) is 9.68. The van der Waals surface area contributed by atoms with Crippen LogP contribution in [0.15, 0.2) is 48.5 Å². The summed E-state index contributed by atoms with van der Waals surface area (Å²) in [7, 11) is 0. The Balaban J connectivity index is 1.64. The number of amides is 2. The van der Waals surface area contributed by atoms with Gasteiger partial charge >= 0.3 is 5.97 Å². The molecule has 2 aromatic carbocycles. The minimum Gasteiger partial charge on any atom is -0.492 e. The molecule has 0 aliphatic heterocycles. The van der Waals surface area contributed by atoms with Crippen molar-refractivity contribution in [1.82, 2.24) is 0 Å². The Bertz CT molecular complexity index is 1240. The third-order valence-corrected chi connectivity index (χ3v) is 6.46. The molecule has 3 rings (SSSR count). The summed E-state index contributed by atoms with van der Waals surface area (Å²) >= 11 is 1.33. The van der Waals surface area contributed by atoms with E-state index in [1.165, 1.54) is 11.3 Å². The predicted molar refractivity (Wildman–Crippen MR) is 140 cm³/mol. The molecule has 0 bridgehead atoms. The molecule has 8 nitrogen and oxygen atoms in total. The lowest BCUT2D eigenvalue weighted by atomic mass is 10.1. The maximum Gasteiger partial charge on any atom is 0.341 e. The van der Waals surface area contributed by atoms with Crippen molar-refractivity contribution in [3.8, 4) is 11.5 Å².